The second-order valence-corrected chi connectivity index (χ2v) is 7.59. The van der Waals surface area contributed by atoms with E-state index in [1.807, 2.05) is 42.6 Å². The number of rotatable bonds is 4. The number of fused-ring (bicyclic) bond motifs is 1. The maximum atomic E-state index is 12.6. The number of benzene rings is 1. The molecule has 28 heavy (non-hydrogen) atoms. The molecule has 2 heterocycles. The van der Waals surface area contributed by atoms with E-state index in [1.165, 1.54) is 11.1 Å². The van der Waals surface area contributed by atoms with Gasteiger partial charge in [-0.25, -0.2) is 4.98 Å². The lowest BCUT2D eigenvalue weighted by molar-refractivity contribution is -0.121. The van der Waals surface area contributed by atoms with Gasteiger partial charge in [0.2, 0.25) is 11.8 Å². The van der Waals surface area contributed by atoms with Gasteiger partial charge in [0, 0.05) is 5.69 Å². The van der Waals surface area contributed by atoms with Crippen molar-refractivity contribution in [2.24, 2.45) is 0 Å². The molecule has 0 saturated carbocycles. The third-order valence-corrected chi connectivity index (χ3v) is 5.63. The lowest BCUT2D eigenvalue weighted by Gasteiger charge is -2.26. The number of nitrogens with one attached hydrogen (secondary N) is 1. The molecule has 0 spiro atoms. The van der Waals surface area contributed by atoms with Gasteiger partial charge < -0.3 is 15.5 Å². The van der Waals surface area contributed by atoms with Crippen LogP contribution < -0.4 is 11.1 Å². The molecule has 150 valence electrons. The van der Waals surface area contributed by atoms with Crippen molar-refractivity contribution < 1.29 is 9.21 Å². The van der Waals surface area contributed by atoms with Gasteiger partial charge in [0.25, 0.3) is 0 Å². The number of aryl methyl sites for hydroxylation is 2. The van der Waals surface area contributed by atoms with Gasteiger partial charge in [0.15, 0.2) is 0 Å². The van der Waals surface area contributed by atoms with E-state index < -0.39 is 0 Å². The number of thiophene rings is 1. The van der Waals surface area contributed by atoms with Crippen molar-refractivity contribution in [1.82, 2.24) is 10.3 Å². The maximum Gasteiger partial charge on any atom is 0.236 e. The molecule has 2 aromatic heterocycles. The van der Waals surface area contributed by atoms with Crippen LogP contribution in [0.1, 0.15) is 41.5 Å². The summed E-state index contributed by atoms with van der Waals surface area (Å²) in [7, 11) is 0. The van der Waals surface area contributed by atoms with Crippen LogP contribution in [-0.4, -0.2) is 10.9 Å². The SMILES string of the molecule is Cc1oc(-c2cccs2)nc1CC(=O)NC1CCCc2cc(N)ccc21.Cl.Cl. The van der Waals surface area contributed by atoms with Crippen molar-refractivity contribution in [1.29, 1.82) is 0 Å². The third kappa shape index (κ3) is 4.69. The van der Waals surface area contributed by atoms with Crippen LogP contribution in [0.2, 0.25) is 0 Å². The number of anilines is 1. The second-order valence-electron chi connectivity index (χ2n) is 6.65. The van der Waals surface area contributed by atoms with E-state index in [1.54, 1.807) is 11.3 Å². The molecule has 1 atom stereocenters. The number of carbonyl (C=O) groups is 1. The average Bonchev–Trinajstić information content (AvgIpc) is 3.25. The van der Waals surface area contributed by atoms with Crippen LogP contribution in [0.5, 0.6) is 0 Å². The van der Waals surface area contributed by atoms with Crippen LogP contribution >= 0.6 is 36.2 Å². The summed E-state index contributed by atoms with van der Waals surface area (Å²) >= 11 is 1.57. The van der Waals surface area contributed by atoms with Crippen LogP contribution in [0.15, 0.2) is 40.1 Å². The van der Waals surface area contributed by atoms with E-state index >= 15 is 0 Å². The molecular weight excluding hydrogens is 417 g/mol. The van der Waals surface area contributed by atoms with Crippen molar-refractivity contribution in [3.63, 3.8) is 0 Å². The first-order valence-corrected chi connectivity index (χ1v) is 9.66. The fraction of sp³-hybridized carbons (Fsp3) is 0.300. The zero-order chi connectivity index (χ0) is 18.1. The molecule has 0 radical (unpaired) electrons. The number of nitrogen functional groups attached to an aromatic ring is 1. The zero-order valence-corrected chi connectivity index (χ0v) is 17.9. The predicted octanol–water partition coefficient (Wildman–Crippen LogP) is 4.87. The molecule has 0 fully saturated rings. The van der Waals surface area contributed by atoms with Gasteiger partial charge in [-0.1, -0.05) is 12.1 Å². The smallest absolute Gasteiger partial charge is 0.236 e. The standard InChI is InChI=1S/C20H21N3O2S.2ClH/c1-12-17(23-20(25-12)18-6-3-9-26-18)11-19(24)22-16-5-2-4-13-10-14(21)7-8-15(13)16;;/h3,6-10,16H,2,4-5,11,21H2,1H3,(H,22,24);2*1H. The van der Waals surface area contributed by atoms with E-state index in [0.29, 0.717) is 17.3 Å². The Morgan fingerprint density at radius 1 is 1.36 bits per heavy atom. The predicted molar refractivity (Wildman–Crippen MR) is 117 cm³/mol. The van der Waals surface area contributed by atoms with Crippen LogP contribution in [-0.2, 0) is 17.6 Å². The summed E-state index contributed by atoms with van der Waals surface area (Å²) in [5, 5.41) is 5.14. The minimum Gasteiger partial charge on any atom is -0.440 e. The minimum absolute atomic E-state index is 0. The lowest BCUT2D eigenvalue weighted by atomic mass is 9.87. The Kier molecular flexibility index (Phi) is 7.52. The first kappa shape index (κ1) is 22.3. The molecule has 0 bridgehead atoms. The van der Waals surface area contributed by atoms with Crippen LogP contribution in [0, 0.1) is 6.92 Å². The Morgan fingerprint density at radius 2 is 2.18 bits per heavy atom. The van der Waals surface area contributed by atoms with Gasteiger partial charge in [-0.05, 0) is 60.9 Å². The van der Waals surface area contributed by atoms with E-state index in [0.717, 1.165) is 29.8 Å². The first-order valence-electron chi connectivity index (χ1n) is 8.78. The average molecular weight is 440 g/mol. The monoisotopic (exact) mass is 439 g/mol. The van der Waals surface area contributed by atoms with Crippen LogP contribution in [0.25, 0.3) is 10.8 Å². The Balaban J connectivity index is 0.00000140. The number of carbonyl (C=O) groups excluding carboxylic acids is 1. The number of nitrogens with zero attached hydrogens (tertiary/aromatic N) is 1. The molecular formula is C20H23Cl2N3O2S. The van der Waals surface area contributed by atoms with Crippen molar-refractivity contribution >= 4 is 47.7 Å². The maximum absolute atomic E-state index is 12.6. The fourth-order valence-corrected chi connectivity index (χ4v) is 4.13. The number of aromatic nitrogens is 1. The summed E-state index contributed by atoms with van der Waals surface area (Å²) in [6, 6.07) is 9.91. The van der Waals surface area contributed by atoms with Gasteiger partial charge in [-0.2, -0.15) is 0 Å². The number of hydrogen-bond acceptors (Lipinski definition) is 5. The lowest BCUT2D eigenvalue weighted by Crippen LogP contribution is -2.32. The van der Waals surface area contributed by atoms with Gasteiger partial charge in [-0.15, -0.1) is 36.2 Å². The highest BCUT2D eigenvalue weighted by atomic mass is 35.5. The summed E-state index contributed by atoms with van der Waals surface area (Å²) in [4.78, 5) is 18.1. The molecule has 8 heteroatoms. The van der Waals surface area contributed by atoms with Gasteiger partial charge >= 0.3 is 0 Å². The number of amides is 1. The van der Waals surface area contributed by atoms with Crippen molar-refractivity contribution in [3.8, 4) is 10.8 Å². The first-order chi connectivity index (χ1) is 12.6. The molecule has 1 aliphatic carbocycles. The molecule has 3 aromatic rings. The largest absolute Gasteiger partial charge is 0.440 e. The highest BCUT2D eigenvalue weighted by molar-refractivity contribution is 7.13. The Bertz CT molecular complexity index is 941. The van der Waals surface area contributed by atoms with Crippen molar-refractivity contribution in [3.05, 3.63) is 58.3 Å². The van der Waals surface area contributed by atoms with Crippen molar-refractivity contribution in [2.45, 2.75) is 38.6 Å². The molecule has 1 amide bonds. The summed E-state index contributed by atoms with van der Waals surface area (Å²) in [5.41, 5.74) is 9.76. The Hall–Kier alpha value is -2.02. The molecule has 3 N–H and O–H groups in total. The molecule has 5 nitrogen and oxygen atoms in total. The van der Waals surface area contributed by atoms with Gasteiger partial charge in [-0.3, -0.25) is 4.79 Å². The summed E-state index contributed by atoms with van der Waals surface area (Å²) in [6.07, 6.45) is 3.23. The van der Waals surface area contributed by atoms with Crippen molar-refractivity contribution in [2.75, 3.05) is 5.73 Å². The second kappa shape index (κ2) is 9.45. The number of hydrogen-bond donors (Lipinski definition) is 2. The highest BCUT2D eigenvalue weighted by Gasteiger charge is 2.23. The quantitative estimate of drug-likeness (QED) is 0.567. The minimum atomic E-state index is -0.0335. The number of nitrogens with two attached hydrogens (primary N) is 1. The molecule has 1 unspecified atom stereocenters. The fourth-order valence-electron chi connectivity index (χ4n) is 3.48. The van der Waals surface area contributed by atoms with E-state index in [9.17, 15) is 4.79 Å². The molecule has 1 aromatic carbocycles. The summed E-state index contributed by atoms with van der Waals surface area (Å²) in [5.74, 6) is 1.24. The number of oxazole rings is 1. The van der Waals surface area contributed by atoms with Gasteiger partial charge in [0.1, 0.15) is 5.76 Å². The Labute approximate surface area is 180 Å². The van der Waals surface area contributed by atoms with E-state index in [4.69, 9.17) is 10.2 Å². The van der Waals surface area contributed by atoms with Gasteiger partial charge in [0.05, 0.1) is 23.0 Å². The third-order valence-electron chi connectivity index (χ3n) is 4.77. The topological polar surface area (TPSA) is 81.2 Å². The molecule has 0 saturated heterocycles. The van der Waals surface area contributed by atoms with Crippen LogP contribution in [0.3, 0.4) is 0 Å². The summed E-state index contributed by atoms with van der Waals surface area (Å²) in [6.45, 7) is 1.85. The van der Waals surface area contributed by atoms with E-state index in [2.05, 4.69) is 10.3 Å². The van der Waals surface area contributed by atoms with Crippen LogP contribution in [0.4, 0.5) is 5.69 Å². The number of halogens is 2. The Morgan fingerprint density at radius 3 is 2.93 bits per heavy atom. The normalized spacial score (nSPS) is 15.1. The van der Waals surface area contributed by atoms with E-state index in [-0.39, 0.29) is 43.2 Å². The molecule has 0 aliphatic heterocycles. The highest BCUT2D eigenvalue weighted by Crippen LogP contribution is 2.31. The molecule has 1 aliphatic rings. The molecule has 4 rings (SSSR count). The zero-order valence-electron chi connectivity index (χ0n) is 15.4. The summed E-state index contributed by atoms with van der Waals surface area (Å²) < 4.78 is 5.72.